The van der Waals surface area contributed by atoms with Crippen LogP contribution in [0.4, 0.5) is 5.69 Å². The molecule has 10 heteroatoms. The van der Waals surface area contributed by atoms with E-state index in [1.54, 1.807) is 42.5 Å². The van der Waals surface area contributed by atoms with E-state index in [0.717, 1.165) is 6.26 Å². The van der Waals surface area contributed by atoms with Gasteiger partial charge in [-0.1, -0.05) is 30.3 Å². The molecular formula is C22H19N3O6S. The molecule has 9 nitrogen and oxygen atoms in total. The number of hydrogen-bond acceptors (Lipinski definition) is 6. The summed E-state index contributed by atoms with van der Waals surface area (Å²) in [5.41, 5.74) is 6.56. The average molecular weight is 453 g/mol. The van der Waals surface area contributed by atoms with Gasteiger partial charge in [-0.05, 0) is 42.0 Å². The first-order chi connectivity index (χ1) is 15.1. The number of amidine groups is 1. The summed E-state index contributed by atoms with van der Waals surface area (Å²) >= 11 is 0. The molecule has 0 aromatic heterocycles. The first-order valence-corrected chi connectivity index (χ1v) is 11.0. The maximum atomic E-state index is 13.0. The van der Waals surface area contributed by atoms with Gasteiger partial charge in [-0.2, -0.15) is 8.42 Å². The summed E-state index contributed by atoms with van der Waals surface area (Å²) in [4.78, 5) is 24.9. The average Bonchev–Trinajstić information content (AvgIpc) is 2.72. The quantitative estimate of drug-likeness (QED) is 0.243. The van der Waals surface area contributed by atoms with Gasteiger partial charge in [0, 0.05) is 22.4 Å². The fourth-order valence-corrected chi connectivity index (χ4v) is 3.52. The minimum absolute atomic E-state index is 0.106. The lowest BCUT2D eigenvalue weighted by atomic mass is 9.94. The van der Waals surface area contributed by atoms with Crippen LogP contribution in [0, 0.1) is 5.41 Å². The molecule has 1 amide bonds. The van der Waals surface area contributed by atoms with Crippen LogP contribution in [0.2, 0.25) is 0 Å². The molecule has 0 radical (unpaired) electrons. The maximum absolute atomic E-state index is 13.0. The van der Waals surface area contributed by atoms with Gasteiger partial charge >= 0.3 is 16.1 Å². The summed E-state index contributed by atoms with van der Waals surface area (Å²) in [5, 5.41) is 19.9. The van der Waals surface area contributed by atoms with Gasteiger partial charge in [0.2, 0.25) is 0 Å². The van der Waals surface area contributed by atoms with Crippen molar-refractivity contribution in [2.45, 2.75) is 0 Å². The first kappa shape index (κ1) is 22.5. The van der Waals surface area contributed by atoms with Crippen LogP contribution in [0.15, 0.2) is 66.7 Å². The smallest absolute Gasteiger partial charge is 0.340 e. The van der Waals surface area contributed by atoms with Crippen LogP contribution < -0.4 is 15.2 Å². The van der Waals surface area contributed by atoms with E-state index in [-0.39, 0.29) is 33.8 Å². The lowest BCUT2D eigenvalue weighted by molar-refractivity contribution is 0.0695. The molecule has 0 atom stereocenters. The Kier molecular flexibility index (Phi) is 6.26. The van der Waals surface area contributed by atoms with E-state index in [1.165, 1.54) is 24.3 Å². The van der Waals surface area contributed by atoms with Crippen LogP contribution in [0.3, 0.4) is 0 Å². The van der Waals surface area contributed by atoms with Crippen molar-refractivity contribution in [3.8, 4) is 16.9 Å². The number of carbonyl (C=O) groups excluding carboxylic acids is 1. The second-order valence-electron chi connectivity index (χ2n) is 6.76. The van der Waals surface area contributed by atoms with Crippen molar-refractivity contribution in [1.29, 1.82) is 5.41 Å². The number of nitrogens with two attached hydrogens (primary N) is 1. The summed E-state index contributed by atoms with van der Waals surface area (Å²) in [6, 6.07) is 16.8. The van der Waals surface area contributed by atoms with E-state index in [1.807, 2.05) is 0 Å². The molecule has 0 spiro atoms. The highest BCUT2D eigenvalue weighted by Gasteiger charge is 2.23. The molecule has 32 heavy (non-hydrogen) atoms. The number of hydrogen-bond donors (Lipinski definition) is 4. The van der Waals surface area contributed by atoms with E-state index in [4.69, 9.17) is 15.3 Å². The van der Waals surface area contributed by atoms with E-state index in [9.17, 15) is 23.1 Å². The largest absolute Gasteiger partial charge is 0.478 e. The Bertz CT molecular complexity index is 1320. The van der Waals surface area contributed by atoms with Crippen molar-refractivity contribution in [2.24, 2.45) is 5.73 Å². The molecule has 0 saturated carbocycles. The molecule has 0 bridgehead atoms. The number of carboxylic acid groups (broad SMARTS) is 1. The fraction of sp³-hybridized carbons (Fsp3) is 0.0455. The van der Waals surface area contributed by atoms with Crippen LogP contribution in [-0.2, 0) is 10.1 Å². The third kappa shape index (κ3) is 5.10. The summed E-state index contributed by atoms with van der Waals surface area (Å²) < 4.78 is 28.0. The Morgan fingerprint density at radius 3 is 2.19 bits per heavy atom. The number of aromatic carboxylic acids is 1. The third-order valence-corrected chi connectivity index (χ3v) is 4.88. The SMILES string of the molecule is CS(=O)(=O)Oc1cccc(-c2ccccc2C(=O)Nc2ccc(C(=N)N)cc2)c1C(=O)O. The zero-order chi connectivity index (χ0) is 23.5. The van der Waals surface area contributed by atoms with E-state index < -0.39 is 22.0 Å². The van der Waals surface area contributed by atoms with Gasteiger partial charge in [0.05, 0.1) is 6.26 Å². The number of anilines is 1. The fourth-order valence-electron chi connectivity index (χ4n) is 3.06. The molecule has 0 aliphatic rings. The number of nitrogens with one attached hydrogen (secondary N) is 2. The summed E-state index contributed by atoms with van der Waals surface area (Å²) in [6.07, 6.45) is 0.810. The number of benzene rings is 3. The number of carbonyl (C=O) groups is 2. The predicted octanol–water partition coefficient (Wildman–Crippen LogP) is 2.93. The van der Waals surface area contributed by atoms with Crippen LogP contribution in [0.1, 0.15) is 26.3 Å². The topological polar surface area (TPSA) is 160 Å². The van der Waals surface area contributed by atoms with E-state index >= 15 is 0 Å². The lowest BCUT2D eigenvalue weighted by Crippen LogP contribution is -2.15. The van der Waals surface area contributed by atoms with Crippen molar-refractivity contribution < 1.29 is 27.3 Å². The summed E-state index contributed by atoms with van der Waals surface area (Å²) in [7, 11) is -3.98. The molecule has 0 unspecified atom stereocenters. The van der Waals surface area contributed by atoms with Gasteiger partial charge in [-0.3, -0.25) is 10.2 Å². The van der Waals surface area contributed by atoms with E-state index in [2.05, 4.69) is 5.32 Å². The molecule has 5 N–H and O–H groups in total. The Balaban J connectivity index is 2.05. The Morgan fingerprint density at radius 2 is 1.59 bits per heavy atom. The lowest BCUT2D eigenvalue weighted by Gasteiger charge is -2.15. The number of amides is 1. The molecule has 0 fully saturated rings. The highest BCUT2D eigenvalue weighted by molar-refractivity contribution is 7.86. The third-order valence-electron chi connectivity index (χ3n) is 4.40. The minimum Gasteiger partial charge on any atom is -0.478 e. The van der Waals surface area contributed by atoms with Gasteiger partial charge in [0.25, 0.3) is 5.91 Å². The zero-order valence-electron chi connectivity index (χ0n) is 16.8. The van der Waals surface area contributed by atoms with Crippen molar-refractivity contribution >= 4 is 33.5 Å². The van der Waals surface area contributed by atoms with Crippen molar-refractivity contribution in [3.05, 3.63) is 83.4 Å². The van der Waals surface area contributed by atoms with Crippen molar-refractivity contribution in [2.75, 3.05) is 11.6 Å². The molecule has 0 aliphatic carbocycles. The highest BCUT2D eigenvalue weighted by atomic mass is 32.2. The highest BCUT2D eigenvalue weighted by Crippen LogP contribution is 2.34. The van der Waals surface area contributed by atoms with Crippen molar-refractivity contribution in [1.82, 2.24) is 0 Å². The van der Waals surface area contributed by atoms with Gasteiger partial charge in [0.15, 0.2) is 5.75 Å². The molecule has 3 rings (SSSR count). The Labute approximate surface area is 184 Å². The van der Waals surface area contributed by atoms with Gasteiger partial charge in [-0.25, -0.2) is 4.79 Å². The Morgan fingerprint density at radius 1 is 0.969 bits per heavy atom. The van der Waals surface area contributed by atoms with Gasteiger partial charge in [-0.15, -0.1) is 0 Å². The molecule has 3 aromatic carbocycles. The van der Waals surface area contributed by atoms with Crippen LogP contribution in [-0.4, -0.2) is 37.5 Å². The van der Waals surface area contributed by atoms with Crippen LogP contribution >= 0.6 is 0 Å². The predicted molar refractivity (Wildman–Crippen MR) is 120 cm³/mol. The van der Waals surface area contributed by atoms with Gasteiger partial charge in [0.1, 0.15) is 11.4 Å². The first-order valence-electron chi connectivity index (χ1n) is 9.18. The minimum atomic E-state index is -3.98. The van der Waals surface area contributed by atoms with Gasteiger partial charge < -0.3 is 20.3 Å². The zero-order valence-corrected chi connectivity index (χ0v) is 17.6. The Hall–Kier alpha value is -4.18. The maximum Gasteiger partial charge on any atom is 0.340 e. The van der Waals surface area contributed by atoms with Crippen LogP contribution in [0.5, 0.6) is 5.75 Å². The number of nitrogen functional groups attached to an aromatic ring is 1. The molecule has 3 aromatic rings. The normalized spacial score (nSPS) is 10.9. The molecule has 0 aliphatic heterocycles. The molecular weight excluding hydrogens is 434 g/mol. The number of rotatable bonds is 7. The van der Waals surface area contributed by atoms with Crippen molar-refractivity contribution in [3.63, 3.8) is 0 Å². The summed E-state index contributed by atoms with van der Waals surface area (Å²) in [6.45, 7) is 0. The van der Waals surface area contributed by atoms with Crippen LogP contribution in [0.25, 0.3) is 11.1 Å². The molecule has 0 saturated heterocycles. The standard InChI is InChI=1S/C22H19N3O6S/c1-32(29,30)31-18-8-4-7-16(19(18)22(27)28)15-5-2-3-6-17(15)21(26)25-14-11-9-13(10-12-14)20(23)24/h2-12H,1H3,(H3,23,24)(H,25,26)(H,27,28). The second-order valence-corrected chi connectivity index (χ2v) is 8.34. The molecule has 0 heterocycles. The number of carboxylic acids is 1. The second kappa shape index (κ2) is 8.90. The summed E-state index contributed by atoms with van der Waals surface area (Å²) in [5.74, 6) is -2.38. The monoisotopic (exact) mass is 453 g/mol. The molecule has 164 valence electrons. The van der Waals surface area contributed by atoms with E-state index in [0.29, 0.717) is 11.3 Å².